The molecule has 0 aliphatic carbocycles. The first-order valence-electron chi connectivity index (χ1n) is 15.6. The van der Waals surface area contributed by atoms with E-state index in [0.717, 1.165) is 55.1 Å². The van der Waals surface area contributed by atoms with Crippen LogP contribution in [0.25, 0.3) is 43.7 Å². The van der Waals surface area contributed by atoms with Gasteiger partial charge in [-0.15, -0.1) is 0 Å². The van der Waals surface area contributed by atoms with Crippen molar-refractivity contribution >= 4 is 47.7 Å². The molecule has 5 aromatic carbocycles. The van der Waals surface area contributed by atoms with Crippen LogP contribution in [0.1, 0.15) is 37.7 Å². The molecule has 0 atom stereocenters. The first-order chi connectivity index (χ1) is 22.2. The Morgan fingerprint density at radius 3 is 1.59 bits per heavy atom. The van der Waals surface area contributed by atoms with Gasteiger partial charge in [-0.2, -0.15) is 0 Å². The van der Waals surface area contributed by atoms with Crippen LogP contribution >= 0.6 is 0 Å². The molecule has 0 radical (unpaired) electrons. The molecular formula is C40H35AlN2O3. The summed E-state index contributed by atoms with van der Waals surface area (Å²) in [6.07, 6.45) is 0. The number of para-hydroxylation sites is 2. The third-order valence-corrected chi connectivity index (χ3v) is 9.60. The van der Waals surface area contributed by atoms with Gasteiger partial charge in [-0.05, 0) is 71.7 Å². The summed E-state index contributed by atoms with van der Waals surface area (Å²) in [6.45, 7) is 10.7. The van der Waals surface area contributed by atoms with Gasteiger partial charge < -0.3 is 11.4 Å². The molecule has 0 fully saturated rings. The summed E-state index contributed by atoms with van der Waals surface area (Å²) in [4.78, 5) is 9.59. The van der Waals surface area contributed by atoms with Gasteiger partial charge in [0.2, 0.25) is 0 Å². The van der Waals surface area contributed by atoms with Crippen molar-refractivity contribution in [2.75, 3.05) is 0 Å². The number of nitrogens with zero attached hydrogens (tertiary/aromatic N) is 2. The van der Waals surface area contributed by atoms with Crippen molar-refractivity contribution in [1.82, 2.24) is 9.97 Å². The molecule has 2 heterocycles. The molecule has 7 aromatic rings. The highest BCUT2D eigenvalue weighted by atomic mass is 27.3. The van der Waals surface area contributed by atoms with E-state index in [1.54, 1.807) is 0 Å². The van der Waals surface area contributed by atoms with Crippen molar-refractivity contribution in [1.29, 1.82) is 0 Å². The predicted molar refractivity (Wildman–Crippen MR) is 189 cm³/mol. The van der Waals surface area contributed by atoms with E-state index in [-0.39, 0.29) is 5.41 Å². The normalized spacial score (nSPS) is 11.6. The molecule has 0 bridgehead atoms. The minimum Gasteiger partial charge on any atom is -0.577 e. The lowest BCUT2D eigenvalue weighted by atomic mass is 9.86. The van der Waals surface area contributed by atoms with E-state index in [1.807, 2.05) is 74.5 Å². The Hall–Kier alpha value is -4.89. The average molecular weight is 619 g/mol. The largest absolute Gasteiger partial charge is 1.20 e. The van der Waals surface area contributed by atoms with Crippen molar-refractivity contribution in [3.8, 4) is 28.4 Å². The molecular weight excluding hydrogens is 583 g/mol. The lowest BCUT2D eigenvalue weighted by Crippen LogP contribution is -2.37. The molecule has 2 aromatic heterocycles. The smallest absolute Gasteiger partial charge is 0.577 e. The predicted octanol–water partition coefficient (Wildman–Crippen LogP) is 10.0. The van der Waals surface area contributed by atoms with Gasteiger partial charge in [0.05, 0.1) is 5.75 Å². The van der Waals surface area contributed by atoms with E-state index in [0.29, 0.717) is 17.2 Å². The second-order valence-electron chi connectivity index (χ2n) is 12.7. The van der Waals surface area contributed by atoms with Gasteiger partial charge >= 0.3 is 15.1 Å². The zero-order valence-electron chi connectivity index (χ0n) is 26.7. The standard InChI is InChI=1S/C20H20O.2C10H9NO.Al/c1-20(2,3)15-12-10-14(11-13-15)16-6-4-8-18-17(16)7-5-9-19(18)21;2*1-7-5-6-8-3-2-4-9(12)10(8)11-7;/h4-13,21H,1-3H3;2*2-6,12H,1H3;/q;;;+3/p-3. The Morgan fingerprint density at radius 2 is 1.00 bits per heavy atom. The quantitative estimate of drug-likeness (QED) is 0.166. The van der Waals surface area contributed by atoms with Gasteiger partial charge in [0.15, 0.2) is 0 Å². The molecule has 5 nitrogen and oxygen atoms in total. The summed E-state index contributed by atoms with van der Waals surface area (Å²) in [7, 11) is 0. The monoisotopic (exact) mass is 618 g/mol. The lowest BCUT2D eigenvalue weighted by Gasteiger charge is -2.20. The van der Waals surface area contributed by atoms with Gasteiger partial charge in [-0.1, -0.05) is 112 Å². The molecule has 0 saturated carbocycles. The molecule has 46 heavy (non-hydrogen) atoms. The molecule has 0 saturated heterocycles. The fourth-order valence-corrected chi connectivity index (χ4v) is 7.15. The van der Waals surface area contributed by atoms with Crippen LogP contribution in [0.15, 0.2) is 121 Å². The van der Waals surface area contributed by atoms with Crippen molar-refractivity contribution in [2.24, 2.45) is 0 Å². The Morgan fingerprint density at radius 1 is 0.500 bits per heavy atom. The molecule has 226 valence electrons. The van der Waals surface area contributed by atoms with E-state index < -0.39 is 15.1 Å². The molecule has 0 unspecified atom stereocenters. The maximum absolute atomic E-state index is 6.79. The number of rotatable bonds is 7. The second-order valence-corrected chi connectivity index (χ2v) is 14.0. The van der Waals surface area contributed by atoms with E-state index in [2.05, 4.69) is 81.4 Å². The summed E-state index contributed by atoms with van der Waals surface area (Å²) in [5.41, 5.74) is 7.08. The number of hydrogen-bond acceptors (Lipinski definition) is 5. The van der Waals surface area contributed by atoms with E-state index in [1.165, 1.54) is 5.56 Å². The highest BCUT2D eigenvalue weighted by Gasteiger charge is 2.45. The first kappa shape index (κ1) is 29.8. The van der Waals surface area contributed by atoms with Crippen molar-refractivity contribution in [3.05, 3.63) is 138 Å². The summed E-state index contributed by atoms with van der Waals surface area (Å²) in [5.74, 6) is 1.96. The Bertz CT molecular complexity index is 2120. The number of hydrogen-bond donors (Lipinski definition) is 0. The minimum absolute atomic E-state index is 0.0918. The van der Waals surface area contributed by atoms with Gasteiger partial charge in [0.1, 0.15) is 22.5 Å². The molecule has 0 N–H and O–H groups in total. The summed E-state index contributed by atoms with van der Waals surface area (Å²) >= 11 is -2.96. The second kappa shape index (κ2) is 12.1. The molecule has 0 spiro atoms. The van der Waals surface area contributed by atoms with Gasteiger partial charge in [0, 0.05) is 27.5 Å². The number of aromatic nitrogens is 2. The summed E-state index contributed by atoms with van der Waals surface area (Å²) in [6, 6.07) is 41.3. The minimum atomic E-state index is -2.96. The van der Waals surface area contributed by atoms with Crippen LogP contribution in [0.4, 0.5) is 0 Å². The molecule has 6 heteroatoms. The van der Waals surface area contributed by atoms with E-state index >= 15 is 0 Å². The Kier molecular flexibility index (Phi) is 7.86. The van der Waals surface area contributed by atoms with Gasteiger partial charge in [-0.3, -0.25) is 0 Å². The SMILES string of the molecule is Cc1ccc2cccc([O][Al]([O]c3cccc4c(-c5ccc(C(C)(C)C)cc5)cccc34)[O]c3cccc4ccc(C)nc34)c2n1. The molecule has 7 rings (SSSR count). The third kappa shape index (κ3) is 6.02. The Balaban J connectivity index is 1.30. The van der Waals surface area contributed by atoms with Gasteiger partial charge in [0.25, 0.3) is 0 Å². The van der Waals surface area contributed by atoms with Crippen LogP contribution in [0.2, 0.25) is 0 Å². The highest BCUT2D eigenvalue weighted by Crippen LogP contribution is 2.36. The molecule has 0 aliphatic rings. The highest BCUT2D eigenvalue weighted by molar-refractivity contribution is 6.40. The summed E-state index contributed by atoms with van der Waals surface area (Å²) in [5, 5.41) is 4.07. The fraction of sp³-hybridized carbons (Fsp3) is 0.150. The van der Waals surface area contributed by atoms with Gasteiger partial charge in [-0.25, -0.2) is 9.97 Å². The van der Waals surface area contributed by atoms with Crippen LogP contribution in [-0.2, 0) is 5.41 Å². The number of pyridine rings is 2. The zero-order valence-corrected chi connectivity index (χ0v) is 27.9. The number of fused-ring (bicyclic) bond motifs is 3. The Labute approximate surface area is 274 Å². The molecule has 0 amide bonds. The van der Waals surface area contributed by atoms with E-state index in [9.17, 15) is 0 Å². The van der Waals surface area contributed by atoms with Crippen molar-refractivity contribution in [3.63, 3.8) is 0 Å². The van der Waals surface area contributed by atoms with Crippen LogP contribution in [0.5, 0.6) is 17.2 Å². The molecule has 0 aliphatic heterocycles. The average Bonchev–Trinajstić information content (AvgIpc) is 3.05. The number of aryl methyl sites for hydroxylation is 2. The maximum Gasteiger partial charge on any atom is 1.20 e. The van der Waals surface area contributed by atoms with Crippen molar-refractivity contribution < 1.29 is 11.4 Å². The number of benzene rings is 5. The third-order valence-electron chi connectivity index (χ3n) is 8.26. The fourth-order valence-electron chi connectivity index (χ4n) is 5.79. The lowest BCUT2D eigenvalue weighted by molar-refractivity contribution is 0.311. The van der Waals surface area contributed by atoms with Crippen LogP contribution in [0.3, 0.4) is 0 Å². The first-order valence-corrected chi connectivity index (χ1v) is 17.0. The van der Waals surface area contributed by atoms with Crippen LogP contribution in [-0.4, -0.2) is 25.1 Å². The maximum atomic E-state index is 6.79. The van der Waals surface area contributed by atoms with Crippen LogP contribution < -0.4 is 11.4 Å². The topological polar surface area (TPSA) is 53.5 Å². The zero-order chi connectivity index (χ0) is 31.8. The van der Waals surface area contributed by atoms with Crippen LogP contribution in [0, 0.1) is 13.8 Å². The van der Waals surface area contributed by atoms with E-state index in [4.69, 9.17) is 21.3 Å². The summed E-state index contributed by atoms with van der Waals surface area (Å²) < 4.78 is 20.2. The van der Waals surface area contributed by atoms with Crippen molar-refractivity contribution in [2.45, 2.75) is 40.0 Å².